The highest BCUT2D eigenvalue weighted by Gasteiger charge is 2.40. The zero-order valence-electron chi connectivity index (χ0n) is 9.60. The van der Waals surface area contributed by atoms with E-state index in [1.165, 1.54) is 12.8 Å². The second-order valence-corrected chi connectivity index (χ2v) is 4.91. The summed E-state index contributed by atoms with van der Waals surface area (Å²) in [5.74, 6) is 0.306. The second-order valence-electron chi connectivity index (χ2n) is 4.91. The van der Waals surface area contributed by atoms with Gasteiger partial charge in [0.15, 0.2) is 0 Å². The molecular weight excluding hydrogens is 204 g/mol. The van der Waals surface area contributed by atoms with Crippen molar-refractivity contribution in [1.29, 1.82) is 0 Å². The van der Waals surface area contributed by atoms with Gasteiger partial charge in [-0.15, -0.1) is 0 Å². The maximum atomic E-state index is 11.8. The van der Waals surface area contributed by atoms with E-state index < -0.39 is 0 Å². The summed E-state index contributed by atoms with van der Waals surface area (Å²) in [6.07, 6.45) is 7.54. The molecule has 4 heteroatoms. The number of carbonyl (C=O) groups is 2. The molecule has 4 nitrogen and oxygen atoms in total. The Balaban J connectivity index is 2.08. The highest BCUT2D eigenvalue weighted by Crippen LogP contribution is 2.35. The van der Waals surface area contributed by atoms with E-state index in [-0.39, 0.29) is 24.5 Å². The van der Waals surface area contributed by atoms with Gasteiger partial charge in [0.05, 0.1) is 12.6 Å². The highest BCUT2D eigenvalue weighted by molar-refractivity contribution is 5.82. The molecule has 90 valence electrons. The lowest BCUT2D eigenvalue weighted by Gasteiger charge is -2.32. The lowest BCUT2D eigenvalue weighted by Crippen LogP contribution is -2.48. The Bertz CT molecular complexity index is 270. The minimum absolute atomic E-state index is 0.0214. The van der Waals surface area contributed by atoms with Gasteiger partial charge in [0.25, 0.3) is 0 Å². The molecule has 2 N–H and O–H groups in total. The predicted molar refractivity (Wildman–Crippen MR) is 60.7 cm³/mol. The SMILES string of the molecule is NCC(=O)N(C1CC1)[C@H](C=O)C1CCCC1. The third-order valence-corrected chi connectivity index (χ3v) is 3.75. The molecule has 1 amide bonds. The predicted octanol–water partition coefficient (Wildman–Crippen LogP) is 0.694. The molecule has 0 aromatic heterocycles. The Morgan fingerprint density at radius 3 is 2.38 bits per heavy atom. The van der Waals surface area contributed by atoms with Gasteiger partial charge in [-0.05, 0) is 31.6 Å². The largest absolute Gasteiger partial charge is 0.329 e. The summed E-state index contributed by atoms with van der Waals surface area (Å²) in [5, 5.41) is 0. The minimum Gasteiger partial charge on any atom is -0.329 e. The quantitative estimate of drug-likeness (QED) is 0.699. The first-order valence-corrected chi connectivity index (χ1v) is 6.24. The van der Waals surface area contributed by atoms with Gasteiger partial charge < -0.3 is 15.4 Å². The first kappa shape index (κ1) is 11.6. The van der Waals surface area contributed by atoms with E-state index in [4.69, 9.17) is 5.73 Å². The van der Waals surface area contributed by atoms with Gasteiger partial charge >= 0.3 is 0 Å². The van der Waals surface area contributed by atoms with Crippen molar-refractivity contribution in [3.05, 3.63) is 0 Å². The second kappa shape index (κ2) is 4.95. The average molecular weight is 224 g/mol. The molecule has 0 aromatic carbocycles. The zero-order chi connectivity index (χ0) is 11.5. The van der Waals surface area contributed by atoms with Crippen molar-refractivity contribution in [1.82, 2.24) is 4.90 Å². The van der Waals surface area contributed by atoms with E-state index in [1.807, 2.05) is 0 Å². The van der Waals surface area contributed by atoms with Crippen LogP contribution in [0, 0.1) is 5.92 Å². The van der Waals surface area contributed by atoms with Crippen LogP contribution in [0.5, 0.6) is 0 Å². The monoisotopic (exact) mass is 224 g/mol. The van der Waals surface area contributed by atoms with Crippen LogP contribution in [0.4, 0.5) is 0 Å². The van der Waals surface area contributed by atoms with Crippen molar-refractivity contribution in [2.24, 2.45) is 11.7 Å². The molecule has 0 bridgehead atoms. The fourth-order valence-electron chi connectivity index (χ4n) is 2.77. The maximum Gasteiger partial charge on any atom is 0.237 e. The van der Waals surface area contributed by atoms with E-state index in [9.17, 15) is 9.59 Å². The fourth-order valence-corrected chi connectivity index (χ4v) is 2.77. The number of rotatable bonds is 5. The number of amides is 1. The number of nitrogens with zero attached hydrogens (tertiary/aromatic N) is 1. The summed E-state index contributed by atoms with van der Waals surface area (Å²) in [5.41, 5.74) is 5.42. The van der Waals surface area contributed by atoms with Gasteiger partial charge in [0.1, 0.15) is 6.29 Å². The normalized spacial score (nSPS) is 23.1. The number of nitrogens with two attached hydrogens (primary N) is 1. The van der Waals surface area contributed by atoms with E-state index in [2.05, 4.69) is 0 Å². The standard InChI is InChI=1S/C12H20N2O2/c13-7-12(16)14(10-5-6-10)11(8-15)9-3-1-2-4-9/h8-11H,1-7,13H2/t11-/m1/s1. The van der Waals surface area contributed by atoms with Crippen molar-refractivity contribution in [2.75, 3.05) is 6.54 Å². The molecule has 16 heavy (non-hydrogen) atoms. The summed E-state index contributed by atoms with van der Waals surface area (Å²) in [7, 11) is 0. The molecule has 0 aliphatic heterocycles. The van der Waals surface area contributed by atoms with Gasteiger partial charge in [-0.3, -0.25) is 4.79 Å². The van der Waals surface area contributed by atoms with E-state index in [1.54, 1.807) is 4.90 Å². The van der Waals surface area contributed by atoms with Crippen molar-refractivity contribution < 1.29 is 9.59 Å². The summed E-state index contributed by atoms with van der Waals surface area (Å²) in [6.45, 7) is 0.0214. The Morgan fingerprint density at radius 2 is 1.94 bits per heavy atom. The third-order valence-electron chi connectivity index (χ3n) is 3.75. The summed E-state index contributed by atoms with van der Waals surface area (Å²) in [6, 6.07) is 0.0675. The van der Waals surface area contributed by atoms with Crippen LogP contribution in [0.2, 0.25) is 0 Å². The Hall–Kier alpha value is -0.900. The average Bonchev–Trinajstić information content (AvgIpc) is 2.99. The maximum absolute atomic E-state index is 11.8. The van der Waals surface area contributed by atoms with Crippen LogP contribution in [0.1, 0.15) is 38.5 Å². The first-order valence-electron chi connectivity index (χ1n) is 6.24. The van der Waals surface area contributed by atoms with E-state index >= 15 is 0 Å². The number of aldehydes is 1. The van der Waals surface area contributed by atoms with Crippen LogP contribution in [0.15, 0.2) is 0 Å². The summed E-state index contributed by atoms with van der Waals surface area (Å²) >= 11 is 0. The minimum atomic E-state index is -0.217. The molecule has 2 rings (SSSR count). The molecular formula is C12H20N2O2. The molecule has 0 spiro atoms. The summed E-state index contributed by atoms with van der Waals surface area (Å²) in [4.78, 5) is 24.8. The molecule has 0 unspecified atom stereocenters. The van der Waals surface area contributed by atoms with Gasteiger partial charge in [-0.1, -0.05) is 12.8 Å². The fraction of sp³-hybridized carbons (Fsp3) is 0.833. The molecule has 2 fully saturated rings. The van der Waals surface area contributed by atoms with Gasteiger partial charge in [-0.25, -0.2) is 0 Å². The topological polar surface area (TPSA) is 63.4 Å². The van der Waals surface area contributed by atoms with Crippen LogP contribution >= 0.6 is 0 Å². The van der Waals surface area contributed by atoms with E-state index in [0.29, 0.717) is 5.92 Å². The molecule has 1 atom stereocenters. The molecule has 2 aliphatic carbocycles. The van der Waals surface area contributed by atoms with Crippen molar-refractivity contribution in [2.45, 2.75) is 50.6 Å². The lowest BCUT2D eigenvalue weighted by molar-refractivity contribution is -0.137. The van der Waals surface area contributed by atoms with Crippen LogP contribution < -0.4 is 5.73 Å². The van der Waals surface area contributed by atoms with Crippen LogP contribution in [-0.2, 0) is 9.59 Å². The first-order chi connectivity index (χ1) is 7.77. The molecule has 0 radical (unpaired) electrons. The zero-order valence-corrected chi connectivity index (χ0v) is 9.60. The number of hydrogen-bond donors (Lipinski definition) is 1. The third kappa shape index (κ3) is 2.26. The van der Waals surface area contributed by atoms with Gasteiger partial charge in [-0.2, -0.15) is 0 Å². The molecule has 0 saturated heterocycles. The molecule has 2 saturated carbocycles. The van der Waals surface area contributed by atoms with Gasteiger partial charge in [0.2, 0.25) is 5.91 Å². The van der Waals surface area contributed by atoms with Crippen molar-refractivity contribution in [3.8, 4) is 0 Å². The number of hydrogen-bond acceptors (Lipinski definition) is 3. The Labute approximate surface area is 96.2 Å². The Kier molecular flexibility index (Phi) is 3.59. The molecule has 2 aliphatic rings. The summed E-state index contributed by atoms with van der Waals surface area (Å²) < 4.78 is 0. The Morgan fingerprint density at radius 1 is 1.31 bits per heavy atom. The van der Waals surface area contributed by atoms with Crippen LogP contribution in [-0.4, -0.2) is 35.7 Å². The van der Waals surface area contributed by atoms with E-state index in [0.717, 1.165) is 32.0 Å². The number of carbonyl (C=O) groups excluding carboxylic acids is 2. The van der Waals surface area contributed by atoms with Crippen LogP contribution in [0.3, 0.4) is 0 Å². The highest BCUT2D eigenvalue weighted by atomic mass is 16.2. The smallest absolute Gasteiger partial charge is 0.237 e. The van der Waals surface area contributed by atoms with Crippen molar-refractivity contribution in [3.63, 3.8) is 0 Å². The lowest BCUT2D eigenvalue weighted by atomic mass is 9.97. The molecule has 0 heterocycles. The molecule has 0 aromatic rings. The van der Waals surface area contributed by atoms with Gasteiger partial charge in [0, 0.05) is 6.04 Å². The van der Waals surface area contributed by atoms with Crippen molar-refractivity contribution >= 4 is 12.2 Å². The van der Waals surface area contributed by atoms with Crippen LogP contribution in [0.25, 0.3) is 0 Å².